The summed E-state index contributed by atoms with van der Waals surface area (Å²) in [6, 6.07) is 13.9. The number of carbonyl (C=O) groups excluding carboxylic acids is 1. The van der Waals surface area contributed by atoms with Crippen molar-refractivity contribution >= 4 is 17.7 Å². The van der Waals surface area contributed by atoms with Gasteiger partial charge in [-0.15, -0.1) is 11.8 Å². The summed E-state index contributed by atoms with van der Waals surface area (Å²) < 4.78 is 10.7. The smallest absolute Gasteiger partial charge is 0.275 e. The second-order valence-electron chi connectivity index (χ2n) is 6.56. The molecule has 2 aromatic rings. The number of methoxy groups -OCH3 is 2. The molecular weight excluding hydrogens is 360 g/mol. The molecule has 1 unspecified atom stereocenters. The Morgan fingerprint density at radius 2 is 1.85 bits per heavy atom. The van der Waals surface area contributed by atoms with Crippen LogP contribution in [0.2, 0.25) is 0 Å². The Balaban J connectivity index is 1.93. The van der Waals surface area contributed by atoms with Gasteiger partial charge in [0.05, 0.1) is 27.3 Å². The van der Waals surface area contributed by atoms with E-state index in [-0.39, 0.29) is 11.9 Å². The molecule has 0 bridgehead atoms. The summed E-state index contributed by atoms with van der Waals surface area (Å²) in [5.74, 6) is 1.48. The number of ether oxygens (including phenoxy) is 2. The van der Waals surface area contributed by atoms with Crippen molar-refractivity contribution in [1.29, 1.82) is 0 Å². The van der Waals surface area contributed by atoms with E-state index in [2.05, 4.69) is 35.8 Å². The van der Waals surface area contributed by atoms with Gasteiger partial charge in [-0.2, -0.15) is 0 Å². The van der Waals surface area contributed by atoms with Gasteiger partial charge in [0, 0.05) is 16.0 Å². The molecule has 6 heteroatoms. The molecule has 0 aromatic heterocycles. The second kappa shape index (κ2) is 10.2. The summed E-state index contributed by atoms with van der Waals surface area (Å²) in [6.45, 7) is 3.16. The average Bonchev–Trinajstić information content (AvgIpc) is 2.67. The van der Waals surface area contributed by atoms with Gasteiger partial charge in [0.2, 0.25) is 0 Å². The predicted molar refractivity (Wildman–Crippen MR) is 110 cm³/mol. The highest BCUT2D eigenvalue weighted by atomic mass is 32.2. The van der Waals surface area contributed by atoms with Crippen LogP contribution in [-0.4, -0.2) is 40.0 Å². The van der Waals surface area contributed by atoms with E-state index in [1.807, 2.05) is 32.2 Å². The van der Waals surface area contributed by atoms with Crippen molar-refractivity contribution in [1.82, 2.24) is 5.32 Å². The van der Waals surface area contributed by atoms with Crippen LogP contribution >= 0.6 is 11.8 Å². The number of hydrogen-bond donors (Lipinski definition) is 2. The van der Waals surface area contributed by atoms with Crippen molar-refractivity contribution in [3.8, 4) is 11.5 Å². The monoisotopic (exact) mass is 389 g/mol. The largest absolute Gasteiger partial charge is 0.497 e. The van der Waals surface area contributed by atoms with Crippen molar-refractivity contribution < 1.29 is 19.2 Å². The number of carbonyl (C=O) groups is 1. The lowest BCUT2D eigenvalue weighted by Gasteiger charge is -2.20. The number of hydrogen-bond acceptors (Lipinski definition) is 4. The molecule has 27 heavy (non-hydrogen) atoms. The van der Waals surface area contributed by atoms with E-state index in [1.54, 1.807) is 26.0 Å². The highest BCUT2D eigenvalue weighted by Gasteiger charge is 2.17. The first-order chi connectivity index (χ1) is 13.0. The normalized spacial score (nSPS) is 12.9. The van der Waals surface area contributed by atoms with Gasteiger partial charge < -0.3 is 19.7 Å². The average molecular weight is 390 g/mol. The van der Waals surface area contributed by atoms with Crippen molar-refractivity contribution in [2.24, 2.45) is 0 Å². The number of likely N-dealkylation sites (N-methyl/N-ethyl adjacent to an activating group) is 1. The fraction of sp³-hybridized carbons (Fsp3) is 0.381. The minimum Gasteiger partial charge on any atom is -0.497 e. The maximum Gasteiger partial charge on any atom is 0.275 e. The zero-order chi connectivity index (χ0) is 19.8. The third kappa shape index (κ3) is 6.19. The first kappa shape index (κ1) is 21.1. The Hall–Kier alpha value is -2.18. The molecule has 0 aliphatic rings. The maximum atomic E-state index is 12.5. The lowest BCUT2D eigenvalue weighted by atomic mass is 10.1. The highest BCUT2D eigenvalue weighted by Crippen LogP contribution is 2.29. The molecule has 2 aromatic carbocycles. The fourth-order valence-electron chi connectivity index (χ4n) is 2.98. The molecular formula is C21H29N2O3S+. The molecule has 0 aliphatic heterocycles. The molecule has 146 valence electrons. The Morgan fingerprint density at radius 1 is 1.15 bits per heavy atom. The van der Waals surface area contributed by atoms with Crippen LogP contribution < -0.4 is 19.7 Å². The molecule has 0 saturated heterocycles. The molecule has 2 atom stereocenters. The number of thioether (sulfide) groups is 1. The lowest BCUT2D eigenvalue weighted by Crippen LogP contribution is -3.08. The standard InChI is InChI=1S/C21H28N2O3S/c1-15(19-12-17(25-3)8-11-20(19)26-4)22-21(24)14-23(2)13-16-6-9-18(27-5)10-7-16/h6-12,15H,13-14H2,1-5H3,(H,22,24)/p+1/t15-/m1/s1. The molecule has 1 amide bonds. The van der Waals surface area contributed by atoms with Gasteiger partial charge in [-0.3, -0.25) is 4.79 Å². The first-order valence-electron chi connectivity index (χ1n) is 8.92. The first-order valence-corrected chi connectivity index (χ1v) is 10.1. The van der Waals surface area contributed by atoms with Crippen LogP contribution in [0.1, 0.15) is 24.1 Å². The molecule has 0 aliphatic carbocycles. The zero-order valence-corrected chi connectivity index (χ0v) is 17.5. The van der Waals surface area contributed by atoms with Crippen LogP contribution in [-0.2, 0) is 11.3 Å². The van der Waals surface area contributed by atoms with Gasteiger partial charge in [0.25, 0.3) is 5.91 Å². The van der Waals surface area contributed by atoms with Crippen molar-refractivity contribution in [3.63, 3.8) is 0 Å². The molecule has 0 heterocycles. The molecule has 2 rings (SSSR count). The molecule has 0 fully saturated rings. The predicted octanol–water partition coefficient (Wildman–Crippen LogP) is 2.32. The van der Waals surface area contributed by atoms with Crippen LogP contribution in [0.25, 0.3) is 0 Å². The van der Waals surface area contributed by atoms with E-state index in [9.17, 15) is 4.79 Å². The zero-order valence-electron chi connectivity index (χ0n) is 16.7. The van der Waals surface area contributed by atoms with Crippen LogP contribution in [0.5, 0.6) is 11.5 Å². The second-order valence-corrected chi connectivity index (χ2v) is 7.44. The number of benzene rings is 2. The van der Waals surface area contributed by atoms with E-state index < -0.39 is 0 Å². The topological polar surface area (TPSA) is 52.0 Å². The summed E-state index contributed by atoms with van der Waals surface area (Å²) in [5, 5.41) is 3.06. The van der Waals surface area contributed by atoms with Gasteiger partial charge in [0.1, 0.15) is 18.0 Å². The van der Waals surface area contributed by atoms with Gasteiger partial charge in [-0.1, -0.05) is 12.1 Å². The summed E-state index contributed by atoms with van der Waals surface area (Å²) >= 11 is 1.73. The van der Waals surface area contributed by atoms with E-state index in [4.69, 9.17) is 9.47 Å². The minimum absolute atomic E-state index is 0.00519. The lowest BCUT2D eigenvalue weighted by molar-refractivity contribution is -0.885. The SMILES string of the molecule is COc1ccc(OC)c([C@@H](C)NC(=O)C[NH+](C)Cc2ccc(SC)cc2)c1. The Kier molecular flexibility index (Phi) is 8.00. The summed E-state index contributed by atoms with van der Waals surface area (Å²) in [6.07, 6.45) is 2.06. The molecule has 0 radical (unpaired) electrons. The quantitative estimate of drug-likeness (QED) is 0.647. The van der Waals surface area contributed by atoms with Crippen LogP contribution in [0.15, 0.2) is 47.4 Å². The van der Waals surface area contributed by atoms with Crippen molar-refractivity contribution in [2.75, 3.05) is 34.1 Å². The Labute approximate surface area is 166 Å². The number of rotatable bonds is 9. The van der Waals surface area contributed by atoms with Crippen molar-refractivity contribution in [2.45, 2.75) is 24.4 Å². The van der Waals surface area contributed by atoms with E-state index >= 15 is 0 Å². The Morgan fingerprint density at radius 3 is 2.44 bits per heavy atom. The minimum atomic E-state index is -0.170. The summed E-state index contributed by atoms with van der Waals surface area (Å²) in [4.78, 5) is 14.9. The van der Waals surface area contributed by atoms with E-state index in [1.165, 1.54) is 10.5 Å². The van der Waals surface area contributed by atoms with Gasteiger partial charge in [0.15, 0.2) is 6.54 Å². The van der Waals surface area contributed by atoms with Crippen LogP contribution in [0.4, 0.5) is 0 Å². The fourth-order valence-corrected chi connectivity index (χ4v) is 3.38. The molecule has 0 saturated carbocycles. The number of quaternary nitrogens is 1. The third-order valence-electron chi connectivity index (χ3n) is 4.41. The van der Waals surface area contributed by atoms with E-state index in [0.717, 1.165) is 28.5 Å². The Bertz CT molecular complexity index is 750. The number of amides is 1. The van der Waals surface area contributed by atoms with Gasteiger partial charge in [-0.05, 0) is 43.5 Å². The van der Waals surface area contributed by atoms with Crippen LogP contribution in [0, 0.1) is 0 Å². The summed E-state index contributed by atoms with van der Waals surface area (Å²) in [5.41, 5.74) is 2.12. The molecule has 0 spiro atoms. The third-order valence-corrected chi connectivity index (χ3v) is 5.15. The molecule has 2 N–H and O–H groups in total. The summed E-state index contributed by atoms with van der Waals surface area (Å²) in [7, 11) is 5.28. The van der Waals surface area contributed by atoms with Gasteiger partial charge >= 0.3 is 0 Å². The maximum absolute atomic E-state index is 12.5. The van der Waals surface area contributed by atoms with E-state index in [0.29, 0.717) is 6.54 Å². The van der Waals surface area contributed by atoms with Gasteiger partial charge in [-0.25, -0.2) is 0 Å². The number of nitrogens with one attached hydrogen (secondary N) is 2. The van der Waals surface area contributed by atoms with Crippen LogP contribution in [0.3, 0.4) is 0 Å². The highest BCUT2D eigenvalue weighted by molar-refractivity contribution is 7.98. The van der Waals surface area contributed by atoms with Crippen molar-refractivity contribution in [3.05, 3.63) is 53.6 Å². The molecule has 5 nitrogen and oxygen atoms in total.